The fourth-order valence-electron chi connectivity index (χ4n) is 5.47. The van der Waals surface area contributed by atoms with Crippen molar-refractivity contribution in [3.63, 3.8) is 0 Å². The molecule has 1 atom stereocenters. The zero-order valence-electron chi connectivity index (χ0n) is 25.9. The van der Waals surface area contributed by atoms with Crippen molar-refractivity contribution in [1.29, 1.82) is 0 Å². The summed E-state index contributed by atoms with van der Waals surface area (Å²) in [5, 5.41) is 14.3. The number of aliphatic carboxylic acids is 1. The molecule has 2 N–H and O–H groups in total. The molecular weight excluding hydrogens is 506 g/mol. The standard InChI is InChI=1S/C37H43NO3/c1-22-15-17-29(19-24(22)3)31-26(5)32(30-18-16-23(2)25(4)20-30)34(38-21-28-13-11-10-12-14-28)27(6)33(31)35(36(39)40)41-37(7,8)9/h10-20,35,38H,21H2,1-9H3,(H,39,40). The van der Waals surface area contributed by atoms with Gasteiger partial charge in [0.2, 0.25) is 0 Å². The van der Waals surface area contributed by atoms with E-state index >= 15 is 0 Å². The van der Waals surface area contributed by atoms with E-state index in [1.54, 1.807) is 0 Å². The predicted octanol–water partition coefficient (Wildman–Crippen LogP) is 9.42. The van der Waals surface area contributed by atoms with Gasteiger partial charge in [0.15, 0.2) is 6.10 Å². The Morgan fingerprint density at radius 3 is 1.78 bits per heavy atom. The van der Waals surface area contributed by atoms with Gasteiger partial charge in [0, 0.05) is 23.4 Å². The molecule has 0 fully saturated rings. The fourth-order valence-corrected chi connectivity index (χ4v) is 5.47. The molecule has 0 bridgehead atoms. The minimum atomic E-state index is -1.14. The molecule has 0 aromatic heterocycles. The number of anilines is 1. The number of nitrogens with one attached hydrogen (secondary N) is 1. The minimum Gasteiger partial charge on any atom is -0.479 e. The number of ether oxygens (including phenoxy) is 1. The van der Waals surface area contributed by atoms with Gasteiger partial charge in [-0.25, -0.2) is 4.79 Å². The average molecular weight is 550 g/mol. The smallest absolute Gasteiger partial charge is 0.337 e. The highest BCUT2D eigenvalue weighted by molar-refractivity contribution is 5.94. The zero-order chi connectivity index (χ0) is 30.1. The number of hydrogen-bond donors (Lipinski definition) is 2. The van der Waals surface area contributed by atoms with E-state index in [2.05, 4.69) is 88.5 Å². The molecule has 0 spiro atoms. The van der Waals surface area contributed by atoms with Crippen LogP contribution >= 0.6 is 0 Å². The fraction of sp³-hybridized carbons (Fsp3) is 0.324. The summed E-state index contributed by atoms with van der Waals surface area (Å²) in [6.45, 7) is 18.9. The summed E-state index contributed by atoms with van der Waals surface area (Å²) >= 11 is 0. The van der Waals surface area contributed by atoms with Crippen molar-refractivity contribution >= 4 is 11.7 Å². The van der Waals surface area contributed by atoms with Crippen LogP contribution in [0.1, 0.15) is 71.4 Å². The van der Waals surface area contributed by atoms with Gasteiger partial charge in [0.25, 0.3) is 0 Å². The first-order valence-corrected chi connectivity index (χ1v) is 14.3. The molecule has 0 aliphatic heterocycles. The monoisotopic (exact) mass is 549 g/mol. The van der Waals surface area contributed by atoms with Gasteiger partial charge < -0.3 is 15.2 Å². The van der Waals surface area contributed by atoms with Crippen molar-refractivity contribution in [2.24, 2.45) is 0 Å². The Balaban J connectivity index is 2.11. The first kappa shape index (κ1) is 30.1. The Kier molecular flexibility index (Phi) is 8.74. The Hall–Kier alpha value is -3.89. The van der Waals surface area contributed by atoms with Gasteiger partial charge in [-0.3, -0.25) is 0 Å². The number of carboxylic acid groups (broad SMARTS) is 1. The number of aryl methyl sites for hydroxylation is 4. The Morgan fingerprint density at radius 1 is 0.756 bits per heavy atom. The predicted molar refractivity (Wildman–Crippen MR) is 171 cm³/mol. The van der Waals surface area contributed by atoms with E-state index in [0.29, 0.717) is 12.1 Å². The summed E-state index contributed by atoms with van der Waals surface area (Å²) in [5.41, 5.74) is 12.9. The Labute approximate surface area is 245 Å². The van der Waals surface area contributed by atoms with Crippen LogP contribution in [0.3, 0.4) is 0 Å². The van der Waals surface area contributed by atoms with Crippen LogP contribution in [-0.2, 0) is 16.1 Å². The quantitative estimate of drug-likeness (QED) is 0.230. The molecule has 0 saturated heterocycles. The molecule has 0 saturated carbocycles. The van der Waals surface area contributed by atoms with Gasteiger partial charge in [0.05, 0.1) is 5.60 Å². The molecule has 4 rings (SSSR count). The van der Waals surface area contributed by atoms with Gasteiger partial charge in [-0.15, -0.1) is 0 Å². The van der Waals surface area contributed by atoms with E-state index in [-0.39, 0.29) is 0 Å². The summed E-state index contributed by atoms with van der Waals surface area (Å²) in [6, 6.07) is 23.2. The number of benzene rings is 4. The van der Waals surface area contributed by atoms with E-state index in [9.17, 15) is 9.90 Å². The first-order valence-electron chi connectivity index (χ1n) is 14.3. The minimum absolute atomic E-state index is 0.610. The first-order chi connectivity index (χ1) is 19.3. The normalized spacial score (nSPS) is 12.3. The second-order valence-corrected chi connectivity index (χ2v) is 12.2. The molecule has 4 aromatic rings. The Bertz CT molecular complexity index is 1580. The van der Waals surface area contributed by atoms with Crippen molar-refractivity contribution < 1.29 is 14.6 Å². The number of rotatable bonds is 8. The maximum Gasteiger partial charge on any atom is 0.337 e. The van der Waals surface area contributed by atoms with Crippen molar-refractivity contribution in [2.45, 2.75) is 80.6 Å². The molecule has 0 heterocycles. The highest BCUT2D eigenvalue weighted by Crippen LogP contribution is 2.47. The number of carboxylic acids is 1. The van der Waals surface area contributed by atoms with Gasteiger partial charge in [-0.05, 0) is 118 Å². The average Bonchev–Trinajstić information content (AvgIpc) is 2.91. The third kappa shape index (κ3) is 6.55. The van der Waals surface area contributed by atoms with Gasteiger partial charge in [-0.1, -0.05) is 66.7 Å². The molecular formula is C37H43NO3. The number of hydrogen-bond acceptors (Lipinski definition) is 3. The van der Waals surface area contributed by atoms with Crippen LogP contribution in [0.4, 0.5) is 5.69 Å². The molecule has 41 heavy (non-hydrogen) atoms. The summed E-state index contributed by atoms with van der Waals surface area (Å²) in [4.78, 5) is 12.9. The third-order valence-electron chi connectivity index (χ3n) is 7.91. The van der Waals surface area contributed by atoms with E-state index in [1.165, 1.54) is 16.7 Å². The summed E-state index contributed by atoms with van der Waals surface area (Å²) in [6.07, 6.45) is -1.14. The van der Waals surface area contributed by atoms with E-state index in [1.807, 2.05) is 45.9 Å². The van der Waals surface area contributed by atoms with Crippen molar-refractivity contribution in [3.05, 3.63) is 111 Å². The lowest BCUT2D eigenvalue weighted by Crippen LogP contribution is -2.28. The van der Waals surface area contributed by atoms with Gasteiger partial charge in [-0.2, -0.15) is 0 Å². The number of carbonyl (C=O) groups is 1. The largest absolute Gasteiger partial charge is 0.479 e. The van der Waals surface area contributed by atoms with E-state index < -0.39 is 17.7 Å². The van der Waals surface area contributed by atoms with Crippen molar-refractivity contribution in [2.75, 3.05) is 5.32 Å². The Morgan fingerprint density at radius 2 is 1.29 bits per heavy atom. The van der Waals surface area contributed by atoms with E-state index in [0.717, 1.165) is 50.2 Å². The summed E-state index contributed by atoms with van der Waals surface area (Å²) in [5.74, 6) is -1.000. The van der Waals surface area contributed by atoms with Crippen molar-refractivity contribution in [1.82, 2.24) is 0 Å². The second-order valence-electron chi connectivity index (χ2n) is 12.2. The second kappa shape index (κ2) is 11.9. The SMILES string of the molecule is Cc1ccc(-c2c(C)c(-c3ccc(C)c(C)c3)c(C(OC(C)(C)C)C(=O)O)c(C)c2NCc2ccccc2)cc1C. The van der Waals surface area contributed by atoms with Gasteiger partial charge >= 0.3 is 5.97 Å². The maximum absolute atomic E-state index is 12.9. The van der Waals surface area contributed by atoms with Crippen molar-refractivity contribution in [3.8, 4) is 22.3 Å². The highest BCUT2D eigenvalue weighted by Gasteiger charge is 2.34. The van der Waals surface area contributed by atoms with Crippen LogP contribution in [0.5, 0.6) is 0 Å². The van der Waals surface area contributed by atoms with Crippen LogP contribution in [0.15, 0.2) is 66.7 Å². The molecule has 4 aromatic carbocycles. The molecule has 0 aliphatic rings. The third-order valence-corrected chi connectivity index (χ3v) is 7.91. The molecule has 0 aliphatic carbocycles. The summed E-state index contributed by atoms with van der Waals surface area (Å²) in [7, 11) is 0. The summed E-state index contributed by atoms with van der Waals surface area (Å²) < 4.78 is 6.31. The lowest BCUT2D eigenvalue weighted by atomic mass is 9.81. The van der Waals surface area contributed by atoms with Crippen LogP contribution in [-0.4, -0.2) is 16.7 Å². The molecule has 1 unspecified atom stereocenters. The van der Waals surface area contributed by atoms with E-state index in [4.69, 9.17) is 4.74 Å². The lowest BCUT2D eigenvalue weighted by Gasteiger charge is -2.31. The molecule has 0 radical (unpaired) electrons. The zero-order valence-corrected chi connectivity index (χ0v) is 25.9. The van der Waals surface area contributed by atoms with Gasteiger partial charge in [0.1, 0.15) is 0 Å². The molecule has 4 nitrogen and oxygen atoms in total. The van der Waals surface area contributed by atoms with Crippen LogP contribution < -0.4 is 5.32 Å². The highest BCUT2D eigenvalue weighted by atomic mass is 16.5. The molecule has 4 heteroatoms. The lowest BCUT2D eigenvalue weighted by molar-refractivity contribution is -0.160. The molecule has 214 valence electrons. The maximum atomic E-state index is 12.9. The van der Waals surface area contributed by atoms with Crippen LogP contribution in [0, 0.1) is 41.5 Å². The topological polar surface area (TPSA) is 58.6 Å². The van der Waals surface area contributed by atoms with Crippen LogP contribution in [0.2, 0.25) is 0 Å². The van der Waals surface area contributed by atoms with Crippen LogP contribution in [0.25, 0.3) is 22.3 Å². The molecule has 0 amide bonds.